The summed E-state index contributed by atoms with van der Waals surface area (Å²) in [6.45, 7) is 3.38. The third kappa shape index (κ3) is 3.28. The van der Waals surface area contributed by atoms with Crippen LogP contribution >= 0.6 is 15.9 Å². The van der Waals surface area contributed by atoms with Crippen LogP contribution in [0, 0.1) is 17.8 Å². The molecule has 1 aromatic rings. The highest BCUT2D eigenvalue weighted by molar-refractivity contribution is 9.10. The van der Waals surface area contributed by atoms with Crippen LogP contribution in [0.25, 0.3) is 0 Å². The van der Waals surface area contributed by atoms with Crippen LogP contribution in [-0.2, 0) is 0 Å². The monoisotopic (exact) mass is 335 g/mol. The summed E-state index contributed by atoms with van der Waals surface area (Å²) in [6, 6.07) is 9.47. The Hall–Kier alpha value is -0.340. The number of hydrogen-bond donors (Lipinski definition) is 1. The normalized spacial score (nSPS) is 29.8. The third-order valence-electron chi connectivity index (χ3n) is 5.34. The number of halogens is 1. The first-order chi connectivity index (χ1) is 9.76. The Morgan fingerprint density at radius 2 is 2.00 bits per heavy atom. The molecule has 0 saturated heterocycles. The minimum Gasteiger partial charge on any atom is -0.310 e. The van der Waals surface area contributed by atoms with Gasteiger partial charge in [-0.3, -0.25) is 0 Å². The van der Waals surface area contributed by atoms with Crippen molar-refractivity contribution in [3.8, 4) is 0 Å². The first kappa shape index (κ1) is 14.6. The van der Waals surface area contributed by atoms with E-state index in [1.165, 1.54) is 48.6 Å². The molecule has 2 aliphatic rings. The fourth-order valence-electron chi connectivity index (χ4n) is 4.32. The standard InChI is InChI=1S/C18H26BrN/c1-2-9-20-18(14-5-7-17(19)8-6-14)12-16-11-13-3-4-15(16)10-13/h5-8,13,15-16,18,20H,2-4,9-12H2,1H3. The average Bonchev–Trinajstić information content (AvgIpc) is 3.07. The lowest BCUT2D eigenvalue weighted by atomic mass is 9.82. The Morgan fingerprint density at radius 1 is 1.20 bits per heavy atom. The van der Waals surface area contributed by atoms with Crippen molar-refractivity contribution >= 4 is 15.9 Å². The molecule has 4 atom stereocenters. The van der Waals surface area contributed by atoms with E-state index in [-0.39, 0.29) is 0 Å². The summed E-state index contributed by atoms with van der Waals surface area (Å²) in [5.41, 5.74) is 1.46. The van der Waals surface area contributed by atoms with Gasteiger partial charge in [0.05, 0.1) is 0 Å². The summed E-state index contributed by atoms with van der Waals surface area (Å²) >= 11 is 3.54. The molecule has 0 aliphatic heterocycles. The van der Waals surface area contributed by atoms with Gasteiger partial charge >= 0.3 is 0 Å². The number of rotatable bonds is 6. The molecule has 0 amide bonds. The zero-order valence-electron chi connectivity index (χ0n) is 12.4. The zero-order chi connectivity index (χ0) is 13.9. The first-order valence-corrected chi connectivity index (χ1v) is 9.04. The number of benzene rings is 1. The van der Waals surface area contributed by atoms with Gasteiger partial charge in [-0.1, -0.05) is 41.4 Å². The minimum atomic E-state index is 0.549. The van der Waals surface area contributed by atoms with Crippen LogP contribution in [0.4, 0.5) is 0 Å². The molecule has 1 N–H and O–H groups in total. The minimum absolute atomic E-state index is 0.549. The fourth-order valence-corrected chi connectivity index (χ4v) is 4.58. The number of nitrogens with one attached hydrogen (secondary N) is 1. The molecule has 3 rings (SSSR count). The van der Waals surface area contributed by atoms with Gasteiger partial charge in [0, 0.05) is 10.5 Å². The molecule has 4 unspecified atom stereocenters. The van der Waals surface area contributed by atoms with Crippen LogP contribution in [0.2, 0.25) is 0 Å². The van der Waals surface area contributed by atoms with E-state index in [1.54, 1.807) is 0 Å². The second-order valence-electron chi connectivity index (χ2n) is 6.73. The molecule has 1 nitrogen and oxygen atoms in total. The van der Waals surface area contributed by atoms with E-state index in [4.69, 9.17) is 0 Å². The van der Waals surface area contributed by atoms with E-state index < -0.39 is 0 Å². The van der Waals surface area contributed by atoms with Crippen LogP contribution in [0.1, 0.15) is 57.1 Å². The molecule has 0 aromatic heterocycles. The Kier molecular flexibility index (Phi) is 4.83. The highest BCUT2D eigenvalue weighted by Gasteiger charge is 2.40. The van der Waals surface area contributed by atoms with Crippen LogP contribution in [0.3, 0.4) is 0 Å². The largest absolute Gasteiger partial charge is 0.310 e. The van der Waals surface area contributed by atoms with Crippen molar-refractivity contribution in [2.24, 2.45) is 17.8 Å². The van der Waals surface area contributed by atoms with Gasteiger partial charge < -0.3 is 5.32 Å². The summed E-state index contributed by atoms with van der Waals surface area (Å²) in [5.74, 6) is 3.05. The Morgan fingerprint density at radius 3 is 2.60 bits per heavy atom. The van der Waals surface area contributed by atoms with E-state index in [2.05, 4.69) is 52.4 Å². The smallest absolute Gasteiger partial charge is 0.0322 e. The van der Waals surface area contributed by atoms with Crippen LogP contribution in [-0.4, -0.2) is 6.54 Å². The zero-order valence-corrected chi connectivity index (χ0v) is 14.0. The number of hydrogen-bond acceptors (Lipinski definition) is 1. The summed E-state index contributed by atoms with van der Waals surface area (Å²) in [7, 11) is 0. The Bertz CT molecular complexity index is 428. The van der Waals surface area contributed by atoms with Gasteiger partial charge in [-0.15, -0.1) is 0 Å². The van der Waals surface area contributed by atoms with Crippen LogP contribution < -0.4 is 5.32 Å². The van der Waals surface area contributed by atoms with Crippen LogP contribution in [0.15, 0.2) is 28.7 Å². The van der Waals surface area contributed by atoms with Crippen molar-refractivity contribution in [1.82, 2.24) is 5.32 Å². The highest BCUT2D eigenvalue weighted by atomic mass is 79.9. The van der Waals surface area contributed by atoms with Gasteiger partial charge in [0.2, 0.25) is 0 Å². The van der Waals surface area contributed by atoms with Gasteiger partial charge in [-0.2, -0.15) is 0 Å². The Labute approximate surface area is 131 Å². The predicted octanol–water partition coefficient (Wildman–Crippen LogP) is 5.32. The molecule has 2 fully saturated rings. The van der Waals surface area contributed by atoms with Gasteiger partial charge in [-0.05, 0) is 74.1 Å². The van der Waals surface area contributed by atoms with E-state index in [1.807, 2.05) is 0 Å². The molecule has 0 heterocycles. The van der Waals surface area contributed by atoms with E-state index in [0.717, 1.165) is 24.3 Å². The van der Waals surface area contributed by atoms with Crippen LogP contribution in [0.5, 0.6) is 0 Å². The maximum absolute atomic E-state index is 3.78. The SMILES string of the molecule is CCCNC(CC1CC2CCC1C2)c1ccc(Br)cc1. The quantitative estimate of drug-likeness (QED) is 0.742. The predicted molar refractivity (Wildman–Crippen MR) is 88.7 cm³/mol. The lowest BCUT2D eigenvalue weighted by Gasteiger charge is -2.28. The Balaban J connectivity index is 1.67. The molecule has 110 valence electrons. The van der Waals surface area contributed by atoms with Gasteiger partial charge in [-0.25, -0.2) is 0 Å². The molecule has 2 heteroatoms. The van der Waals surface area contributed by atoms with Crippen molar-refractivity contribution in [3.63, 3.8) is 0 Å². The molecule has 0 spiro atoms. The molecule has 20 heavy (non-hydrogen) atoms. The summed E-state index contributed by atoms with van der Waals surface area (Å²) in [4.78, 5) is 0. The molecular formula is C18H26BrN. The lowest BCUT2D eigenvalue weighted by Crippen LogP contribution is -2.26. The van der Waals surface area contributed by atoms with Crippen molar-refractivity contribution in [2.45, 2.75) is 51.5 Å². The van der Waals surface area contributed by atoms with Gasteiger partial charge in [0.15, 0.2) is 0 Å². The lowest BCUT2D eigenvalue weighted by molar-refractivity contribution is 0.279. The number of fused-ring (bicyclic) bond motifs is 2. The maximum atomic E-state index is 3.78. The third-order valence-corrected chi connectivity index (χ3v) is 5.86. The molecule has 2 bridgehead atoms. The molecule has 1 aromatic carbocycles. The van der Waals surface area contributed by atoms with Gasteiger partial charge in [0.1, 0.15) is 0 Å². The topological polar surface area (TPSA) is 12.0 Å². The van der Waals surface area contributed by atoms with E-state index in [9.17, 15) is 0 Å². The van der Waals surface area contributed by atoms with E-state index in [0.29, 0.717) is 6.04 Å². The molecule has 0 radical (unpaired) electrons. The fraction of sp³-hybridized carbons (Fsp3) is 0.667. The first-order valence-electron chi connectivity index (χ1n) is 8.25. The summed E-state index contributed by atoms with van der Waals surface area (Å²) < 4.78 is 1.18. The highest BCUT2D eigenvalue weighted by Crippen LogP contribution is 2.50. The average molecular weight is 336 g/mol. The second kappa shape index (κ2) is 6.62. The van der Waals surface area contributed by atoms with Gasteiger partial charge in [0.25, 0.3) is 0 Å². The van der Waals surface area contributed by atoms with Crippen molar-refractivity contribution in [2.75, 3.05) is 6.54 Å². The maximum Gasteiger partial charge on any atom is 0.0322 e. The molecular weight excluding hydrogens is 310 g/mol. The molecule has 2 saturated carbocycles. The van der Waals surface area contributed by atoms with E-state index >= 15 is 0 Å². The van der Waals surface area contributed by atoms with Crippen molar-refractivity contribution in [3.05, 3.63) is 34.3 Å². The van der Waals surface area contributed by atoms with Crippen molar-refractivity contribution in [1.29, 1.82) is 0 Å². The summed E-state index contributed by atoms with van der Waals surface area (Å²) in [6.07, 6.45) is 8.56. The van der Waals surface area contributed by atoms with Crippen molar-refractivity contribution < 1.29 is 0 Å². The summed E-state index contributed by atoms with van der Waals surface area (Å²) in [5, 5.41) is 3.78. The molecule has 2 aliphatic carbocycles. The second-order valence-corrected chi connectivity index (χ2v) is 7.64.